The summed E-state index contributed by atoms with van der Waals surface area (Å²) in [4.78, 5) is 11.8. The Labute approximate surface area is 103 Å². The first kappa shape index (κ1) is 11.8. The quantitative estimate of drug-likeness (QED) is 0.872. The number of rotatable bonds is 3. The summed E-state index contributed by atoms with van der Waals surface area (Å²) in [5.74, 6) is -0.769. The van der Waals surface area contributed by atoms with Crippen molar-refractivity contribution >= 4 is 29.3 Å². The summed E-state index contributed by atoms with van der Waals surface area (Å²) in [6, 6.07) is 7.22. The average Bonchev–Trinajstić information content (AvgIpc) is 2.66. The van der Waals surface area contributed by atoms with E-state index in [4.69, 9.17) is 16.7 Å². The number of aliphatic carboxylic acids is 1. The Morgan fingerprint density at radius 3 is 3.00 bits per heavy atom. The van der Waals surface area contributed by atoms with Gasteiger partial charge in [0.1, 0.15) is 6.04 Å². The van der Waals surface area contributed by atoms with Crippen molar-refractivity contribution in [3.8, 4) is 0 Å². The van der Waals surface area contributed by atoms with E-state index in [9.17, 15) is 4.79 Å². The van der Waals surface area contributed by atoms with Crippen molar-refractivity contribution in [2.45, 2.75) is 22.6 Å². The molecule has 0 aromatic heterocycles. The number of halogens is 1. The Bertz CT molecular complexity index is 399. The van der Waals surface area contributed by atoms with Gasteiger partial charge in [-0.1, -0.05) is 17.7 Å². The Morgan fingerprint density at radius 2 is 2.38 bits per heavy atom. The minimum atomic E-state index is -0.769. The van der Waals surface area contributed by atoms with Crippen LogP contribution in [0.3, 0.4) is 0 Å². The predicted molar refractivity (Wildman–Crippen MR) is 65.1 cm³/mol. The second-order valence-electron chi connectivity index (χ2n) is 3.73. The van der Waals surface area contributed by atoms with Crippen molar-refractivity contribution in [2.75, 3.05) is 6.54 Å². The number of benzene rings is 1. The third-order valence-corrected chi connectivity index (χ3v) is 3.94. The molecule has 1 aliphatic heterocycles. The summed E-state index contributed by atoms with van der Waals surface area (Å²) >= 11 is 7.56. The molecule has 1 heterocycles. The van der Waals surface area contributed by atoms with Gasteiger partial charge in [0, 0.05) is 21.7 Å². The van der Waals surface area contributed by atoms with E-state index in [0.717, 1.165) is 11.4 Å². The highest BCUT2D eigenvalue weighted by atomic mass is 35.5. The third-order valence-electron chi connectivity index (χ3n) is 2.49. The highest BCUT2D eigenvalue weighted by molar-refractivity contribution is 8.00. The molecule has 5 heteroatoms. The number of hydrogen-bond donors (Lipinski definition) is 2. The topological polar surface area (TPSA) is 49.3 Å². The van der Waals surface area contributed by atoms with Gasteiger partial charge >= 0.3 is 5.97 Å². The molecule has 2 atom stereocenters. The summed E-state index contributed by atoms with van der Waals surface area (Å²) in [5, 5.41) is 12.9. The molecule has 0 bridgehead atoms. The summed E-state index contributed by atoms with van der Waals surface area (Å²) in [7, 11) is 0. The van der Waals surface area contributed by atoms with Gasteiger partial charge in [-0.15, -0.1) is 11.8 Å². The fourth-order valence-corrected chi connectivity index (χ4v) is 3.17. The molecule has 0 unspecified atom stereocenters. The van der Waals surface area contributed by atoms with E-state index in [1.807, 2.05) is 24.3 Å². The van der Waals surface area contributed by atoms with Crippen molar-refractivity contribution in [3.05, 3.63) is 29.3 Å². The molecule has 2 rings (SSSR count). The maximum absolute atomic E-state index is 10.8. The van der Waals surface area contributed by atoms with Gasteiger partial charge in [0.25, 0.3) is 0 Å². The maximum Gasteiger partial charge on any atom is 0.320 e. The SMILES string of the molecule is O=C(O)[C@@H]1C[C@H](Sc2cccc(Cl)c2)CN1. The summed E-state index contributed by atoms with van der Waals surface area (Å²) in [6.45, 7) is 0.730. The van der Waals surface area contributed by atoms with Crippen LogP contribution < -0.4 is 5.32 Å². The standard InChI is InChI=1S/C11H12ClNO2S/c12-7-2-1-3-8(4-7)16-9-5-10(11(14)15)13-6-9/h1-4,9-10,13H,5-6H2,(H,14,15)/t9-,10-/m0/s1. The largest absolute Gasteiger partial charge is 0.480 e. The van der Waals surface area contributed by atoms with Crippen molar-refractivity contribution < 1.29 is 9.90 Å². The Morgan fingerprint density at radius 1 is 1.56 bits per heavy atom. The molecule has 0 aliphatic carbocycles. The van der Waals surface area contributed by atoms with E-state index in [1.54, 1.807) is 11.8 Å². The summed E-state index contributed by atoms with van der Waals surface area (Å²) in [5.41, 5.74) is 0. The van der Waals surface area contributed by atoms with Crippen LogP contribution in [0.1, 0.15) is 6.42 Å². The normalized spacial score (nSPS) is 24.6. The minimum absolute atomic E-state index is 0.305. The summed E-state index contributed by atoms with van der Waals surface area (Å²) in [6.07, 6.45) is 0.659. The smallest absolute Gasteiger partial charge is 0.320 e. The van der Waals surface area contributed by atoms with Gasteiger partial charge in [-0.05, 0) is 24.6 Å². The lowest BCUT2D eigenvalue weighted by molar-refractivity contribution is -0.139. The van der Waals surface area contributed by atoms with E-state index in [1.165, 1.54) is 0 Å². The number of thioether (sulfide) groups is 1. The average molecular weight is 258 g/mol. The van der Waals surface area contributed by atoms with Crippen LogP contribution in [0.2, 0.25) is 5.02 Å². The molecule has 1 fully saturated rings. The molecule has 0 amide bonds. The Kier molecular flexibility index (Phi) is 3.74. The molecule has 1 aliphatic rings. The van der Waals surface area contributed by atoms with Crippen molar-refractivity contribution in [1.82, 2.24) is 5.32 Å². The monoisotopic (exact) mass is 257 g/mol. The lowest BCUT2D eigenvalue weighted by Crippen LogP contribution is -2.29. The third kappa shape index (κ3) is 2.90. The first-order chi connectivity index (χ1) is 7.65. The number of hydrogen-bond acceptors (Lipinski definition) is 3. The minimum Gasteiger partial charge on any atom is -0.480 e. The van der Waals surface area contributed by atoms with Crippen LogP contribution in [-0.4, -0.2) is 28.9 Å². The molecule has 0 spiro atoms. The van der Waals surface area contributed by atoms with E-state index in [-0.39, 0.29) is 0 Å². The molecule has 0 saturated carbocycles. The van der Waals surface area contributed by atoms with Crippen LogP contribution in [0, 0.1) is 0 Å². The van der Waals surface area contributed by atoms with Crippen LogP contribution in [0.15, 0.2) is 29.2 Å². The van der Waals surface area contributed by atoms with E-state index in [0.29, 0.717) is 16.7 Å². The lowest BCUT2D eigenvalue weighted by Gasteiger charge is -2.08. The predicted octanol–water partition coefficient (Wildman–Crippen LogP) is 2.25. The van der Waals surface area contributed by atoms with Crippen LogP contribution in [0.5, 0.6) is 0 Å². The van der Waals surface area contributed by atoms with E-state index in [2.05, 4.69) is 5.32 Å². The summed E-state index contributed by atoms with van der Waals surface area (Å²) < 4.78 is 0. The maximum atomic E-state index is 10.8. The van der Waals surface area contributed by atoms with Crippen molar-refractivity contribution in [3.63, 3.8) is 0 Å². The highest BCUT2D eigenvalue weighted by Crippen LogP contribution is 2.30. The van der Waals surface area contributed by atoms with Gasteiger partial charge in [0.2, 0.25) is 0 Å². The number of carboxylic acids is 1. The van der Waals surface area contributed by atoms with Gasteiger partial charge in [0.15, 0.2) is 0 Å². The van der Waals surface area contributed by atoms with Crippen molar-refractivity contribution in [2.24, 2.45) is 0 Å². The first-order valence-electron chi connectivity index (χ1n) is 5.03. The van der Waals surface area contributed by atoms with Gasteiger partial charge in [-0.25, -0.2) is 0 Å². The molecule has 1 aromatic carbocycles. The zero-order chi connectivity index (χ0) is 11.5. The number of carbonyl (C=O) groups is 1. The van der Waals surface area contributed by atoms with Crippen LogP contribution in [0.25, 0.3) is 0 Å². The lowest BCUT2D eigenvalue weighted by atomic mass is 10.2. The molecule has 0 radical (unpaired) electrons. The Balaban J connectivity index is 1.94. The van der Waals surface area contributed by atoms with E-state index < -0.39 is 12.0 Å². The van der Waals surface area contributed by atoms with Gasteiger partial charge in [-0.2, -0.15) is 0 Å². The number of nitrogens with one attached hydrogen (secondary N) is 1. The van der Waals surface area contributed by atoms with Crippen LogP contribution in [0.4, 0.5) is 0 Å². The molecule has 2 N–H and O–H groups in total. The molecule has 1 aromatic rings. The number of carboxylic acid groups (broad SMARTS) is 1. The van der Waals surface area contributed by atoms with E-state index >= 15 is 0 Å². The zero-order valence-corrected chi connectivity index (χ0v) is 10.1. The second-order valence-corrected chi connectivity index (χ2v) is 5.54. The van der Waals surface area contributed by atoms with Crippen molar-refractivity contribution in [1.29, 1.82) is 0 Å². The van der Waals surface area contributed by atoms with Gasteiger partial charge < -0.3 is 10.4 Å². The van der Waals surface area contributed by atoms with Gasteiger partial charge in [-0.3, -0.25) is 4.79 Å². The van der Waals surface area contributed by atoms with Gasteiger partial charge in [0.05, 0.1) is 0 Å². The highest BCUT2D eigenvalue weighted by Gasteiger charge is 2.29. The molecule has 86 valence electrons. The first-order valence-corrected chi connectivity index (χ1v) is 6.29. The fraction of sp³-hybridized carbons (Fsp3) is 0.364. The van der Waals surface area contributed by atoms with Crippen LogP contribution >= 0.6 is 23.4 Å². The van der Waals surface area contributed by atoms with Crippen LogP contribution in [-0.2, 0) is 4.79 Å². The fourth-order valence-electron chi connectivity index (χ4n) is 1.71. The molecule has 1 saturated heterocycles. The zero-order valence-electron chi connectivity index (χ0n) is 8.52. The second kappa shape index (κ2) is 5.08. The molecule has 3 nitrogen and oxygen atoms in total. The molecular formula is C11H12ClNO2S. The molecule has 16 heavy (non-hydrogen) atoms. The Hall–Kier alpha value is -0.710. The molecular weight excluding hydrogens is 246 g/mol.